The fourth-order valence-corrected chi connectivity index (χ4v) is 2.40. The Morgan fingerprint density at radius 3 is 1.58 bits per heavy atom. The van der Waals surface area contributed by atoms with Crippen molar-refractivity contribution in [3.05, 3.63) is 90.5 Å². The molecule has 120 valence electrons. The van der Waals surface area contributed by atoms with Gasteiger partial charge in [-0.15, -0.1) is 0 Å². The lowest BCUT2D eigenvalue weighted by Crippen LogP contribution is -2.09. The van der Waals surface area contributed by atoms with E-state index in [-0.39, 0.29) is 0 Å². The van der Waals surface area contributed by atoms with Crippen molar-refractivity contribution in [1.29, 1.82) is 0 Å². The van der Waals surface area contributed by atoms with Crippen LogP contribution in [0.5, 0.6) is 0 Å². The van der Waals surface area contributed by atoms with Gasteiger partial charge in [0.05, 0.1) is 17.6 Å². The van der Waals surface area contributed by atoms with Crippen molar-refractivity contribution in [2.75, 3.05) is 24.0 Å². The zero-order valence-corrected chi connectivity index (χ0v) is 14.0. The van der Waals surface area contributed by atoms with Gasteiger partial charge >= 0.3 is 0 Å². The number of anilines is 3. The molecule has 0 unspecified atom stereocenters. The molecule has 0 spiro atoms. The average Bonchev–Trinajstić information content (AvgIpc) is 2.64. The maximum Gasteiger partial charge on any atom is 0.0652 e. The van der Waals surface area contributed by atoms with Crippen LogP contribution in [0.4, 0.5) is 17.1 Å². The second-order valence-corrected chi connectivity index (χ2v) is 5.71. The summed E-state index contributed by atoms with van der Waals surface area (Å²) in [5.74, 6) is 0. The fourth-order valence-electron chi connectivity index (χ4n) is 2.40. The van der Waals surface area contributed by atoms with Gasteiger partial charge in [0.25, 0.3) is 0 Å². The smallest absolute Gasteiger partial charge is 0.0652 e. The summed E-state index contributed by atoms with van der Waals surface area (Å²) in [7, 11) is 4.07. The quantitative estimate of drug-likeness (QED) is 0.491. The lowest BCUT2D eigenvalue weighted by Gasteiger charge is -2.19. The van der Waals surface area contributed by atoms with Crippen LogP contribution in [0.3, 0.4) is 0 Å². The van der Waals surface area contributed by atoms with Gasteiger partial charge in [-0.05, 0) is 42.0 Å². The zero-order chi connectivity index (χ0) is 16.8. The van der Waals surface area contributed by atoms with Crippen molar-refractivity contribution in [2.45, 2.75) is 0 Å². The van der Waals surface area contributed by atoms with Gasteiger partial charge in [0.2, 0.25) is 0 Å². The second kappa shape index (κ2) is 7.47. The van der Waals surface area contributed by atoms with Crippen molar-refractivity contribution >= 4 is 23.3 Å². The number of nitrogens with zero attached hydrogens (tertiary/aromatic N) is 3. The molecule has 0 aromatic heterocycles. The van der Waals surface area contributed by atoms with E-state index in [9.17, 15) is 0 Å². The Hall–Kier alpha value is -3.07. The third-order valence-electron chi connectivity index (χ3n) is 3.73. The zero-order valence-electron chi connectivity index (χ0n) is 14.0. The van der Waals surface area contributed by atoms with Crippen LogP contribution < -0.4 is 9.91 Å². The number of hydrogen-bond donors (Lipinski definition) is 0. The molecule has 0 saturated carbocycles. The van der Waals surface area contributed by atoms with E-state index in [0.717, 1.165) is 16.9 Å². The molecule has 3 heteroatoms. The Bertz CT molecular complexity index is 739. The minimum atomic E-state index is 1.03. The number of benzene rings is 3. The molecule has 0 aliphatic heterocycles. The highest BCUT2D eigenvalue weighted by atomic mass is 15.5. The lowest BCUT2D eigenvalue weighted by atomic mass is 10.2. The monoisotopic (exact) mass is 315 g/mol. The minimum absolute atomic E-state index is 1.03. The van der Waals surface area contributed by atoms with Crippen LogP contribution in [0.25, 0.3) is 0 Å². The van der Waals surface area contributed by atoms with E-state index in [1.54, 1.807) is 0 Å². The normalized spacial score (nSPS) is 10.8. The molecule has 0 radical (unpaired) electrons. The van der Waals surface area contributed by atoms with E-state index in [0.29, 0.717) is 0 Å². The first-order chi connectivity index (χ1) is 11.7. The summed E-state index contributed by atoms with van der Waals surface area (Å²) in [6.45, 7) is 0. The summed E-state index contributed by atoms with van der Waals surface area (Å²) in [4.78, 5) is 2.08. The van der Waals surface area contributed by atoms with Crippen LogP contribution in [-0.2, 0) is 0 Å². The molecular weight excluding hydrogens is 294 g/mol. The number of hydrazone groups is 1. The van der Waals surface area contributed by atoms with E-state index in [1.807, 2.05) is 61.7 Å². The standard InChI is InChI=1S/C21H21N3/c1-23(2)19-15-13-18(14-16-19)17-22-24(20-9-5-3-6-10-20)21-11-7-4-8-12-21/h3-17H,1-2H3/b22-17+. The summed E-state index contributed by atoms with van der Waals surface area (Å²) in [6, 6.07) is 28.7. The molecule has 0 heterocycles. The topological polar surface area (TPSA) is 18.8 Å². The Balaban J connectivity index is 1.89. The molecule has 0 atom stereocenters. The van der Waals surface area contributed by atoms with Gasteiger partial charge in [0, 0.05) is 19.8 Å². The molecule has 3 rings (SSSR count). The van der Waals surface area contributed by atoms with E-state index >= 15 is 0 Å². The first-order valence-electron chi connectivity index (χ1n) is 7.95. The van der Waals surface area contributed by atoms with E-state index in [2.05, 4.69) is 53.4 Å². The van der Waals surface area contributed by atoms with E-state index in [4.69, 9.17) is 5.10 Å². The molecule has 3 nitrogen and oxygen atoms in total. The van der Waals surface area contributed by atoms with Crippen LogP contribution in [0.1, 0.15) is 5.56 Å². The van der Waals surface area contributed by atoms with Crippen molar-refractivity contribution < 1.29 is 0 Å². The van der Waals surface area contributed by atoms with E-state index in [1.165, 1.54) is 5.69 Å². The van der Waals surface area contributed by atoms with Crippen molar-refractivity contribution in [3.63, 3.8) is 0 Å². The third kappa shape index (κ3) is 3.82. The van der Waals surface area contributed by atoms with Crippen LogP contribution in [0.2, 0.25) is 0 Å². The predicted molar refractivity (Wildman–Crippen MR) is 103 cm³/mol. The van der Waals surface area contributed by atoms with Crippen LogP contribution >= 0.6 is 0 Å². The minimum Gasteiger partial charge on any atom is -0.378 e. The number of hydrogen-bond acceptors (Lipinski definition) is 3. The first kappa shape index (κ1) is 15.8. The van der Waals surface area contributed by atoms with Gasteiger partial charge < -0.3 is 4.90 Å². The molecule has 0 aliphatic rings. The van der Waals surface area contributed by atoms with Crippen molar-refractivity contribution in [3.8, 4) is 0 Å². The van der Waals surface area contributed by atoms with Gasteiger partial charge in [0.15, 0.2) is 0 Å². The highest BCUT2D eigenvalue weighted by Gasteiger charge is 2.06. The molecule has 3 aromatic rings. The summed E-state index contributed by atoms with van der Waals surface area (Å²) in [5, 5.41) is 6.65. The Labute approximate surface area is 143 Å². The molecule has 0 aliphatic carbocycles. The second-order valence-electron chi connectivity index (χ2n) is 5.71. The molecule has 0 N–H and O–H groups in total. The van der Waals surface area contributed by atoms with Gasteiger partial charge in [-0.25, -0.2) is 5.01 Å². The highest BCUT2D eigenvalue weighted by Crippen LogP contribution is 2.25. The van der Waals surface area contributed by atoms with Gasteiger partial charge in [-0.1, -0.05) is 48.5 Å². The molecule has 0 amide bonds. The summed E-state index contributed by atoms with van der Waals surface area (Å²) in [6.07, 6.45) is 1.89. The number of para-hydroxylation sites is 2. The highest BCUT2D eigenvalue weighted by molar-refractivity contribution is 5.82. The predicted octanol–water partition coefficient (Wildman–Crippen LogP) is 4.92. The van der Waals surface area contributed by atoms with Gasteiger partial charge in [0.1, 0.15) is 0 Å². The molecule has 24 heavy (non-hydrogen) atoms. The number of rotatable bonds is 5. The molecule has 0 saturated heterocycles. The Morgan fingerprint density at radius 1 is 0.625 bits per heavy atom. The molecule has 0 bridgehead atoms. The van der Waals surface area contributed by atoms with Crippen molar-refractivity contribution in [1.82, 2.24) is 0 Å². The average molecular weight is 315 g/mol. The summed E-state index contributed by atoms with van der Waals surface area (Å²) < 4.78 is 0. The fraction of sp³-hybridized carbons (Fsp3) is 0.0952. The largest absolute Gasteiger partial charge is 0.378 e. The van der Waals surface area contributed by atoms with Crippen LogP contribution in [0.15, 0.2) is 90.0 Å². The van der Waals surface area contributed by atoms with Gasteiger partial charge in [-0.3, -0.25) is 0 Å². The van der Waals surface area contributed by atoms with Crippen LogP contribution in [0, 0.1) is 0 Å². The molecular formula is C21H21N3. The molecule has 0 fully saturated rings. The Morgan fingerprint density at radius 2 is 1.12 bits per heavy atom. The third-order valence-corrected chi connectivity index (χ3v) is 3.73. The first-order valence-corrected chi connectivity index (χ1v) is 7.95. The maximum atomic E-state index is 4.70. The summed E-state index contributed by atoms with van der Waals surface area (Å²) in [5.41, 5.74) is 4.31. The Kier molecular flexibility index (Phi) is 4.92. The van der Waals surface area contributed by atoms with Gasteiger partial charge in [-0.2, -0.15) is 5.10 Å². The van der Waals surface area contributed by atoms with Crippen LogP contribution in [-0.4, -0.2) is 20.3 Å². The van der Waals surface area contributed by atoms with E-state index < -0.39 is 0 Å². The van der Waals surface area contributed by atoms with Crippen molar-refractivity contribution in [2.24, 2.45) is 5.10 Å². The molecule has 3 aromatic carbocycles. The SMILES string of the molecule is CN(C)c1ccc(/C=N/N(c2ccccc2)c2ccccc2)cc1. The maximum absolute atomic E-state index is 4.70. The lowest BCUT2D eigenvalue weighted by molar-refractivity contribution is 1.09. The summed E-state index contributed by atoms with van der Waals surface area (Å²) >= 11 is 0.